The van der Waals surface area contributed by atoms with Crippen molar-refractivity contribution in [1.29, 1.82) is 0 Å². The minimum atomic E-state index is -0.401. The third-order valence-corrected chi connectivity index (χ3v) is 3.90. The molecule has 1 fully saturated rings. The molecule has 2 heterocycles. The number of nitro groups is 1. The molecule has 0 atom stereocenters. The molecule has 3 rings (SSSR count). The fourth-order valence-corrected chi connectivity index (χ4v) is 2.74. The number of benzene rings is 1. The fourth-order valence-electron chi connectivity index (χ4n) is 2.74. The molecule has 1 aromatic heterocycles. The van der Waals surface area contributed by atoms with E-state index in [1.807, 2.05) is 35.2 Å². The molecule has 1 aromatic carbocycles. The van der Waals surface area contributed by atoms with Crippen LogP contribution < -0.4 is 9.80 Å². The summed E-state index contributed by atoms with van der Waals surface area (Å²) in [4.78, 5) is 23.3. The number of anilines is 2. The van der Waals surface area contributed by atoms with Crippen molar-refractivity contribution in [3.63, 3.8) is 0 Å². The zero-order valence-corrected chi connectivity index (χ0v) is 13.5. The largest absolute Gasteiger partial charge is 0.378 e. The van der Waals surface area contributed by atoms with Crippen molar-refractivity contribution < 1.29 is 9.66 Å². The number of morpholine rings is 1. The Balaban J connectivity index is 1.93. The second-order valence-electron chi connectivity index (χ2n) is 5.57. The highest BCUT2D eigenvalue weighted by Gasteiger charge is 2.29. The van der Waals surface area contributed by atoms with Gasteiger partial charge >= 0.3 is 5.69 Å². The Morgan fingerprint density at radius 1 is 1.25 bits per heavy atom. The first kappa shape index (κ1) is 16.1. The smallest absolute Gasteiger partial charge is 0.353 e. The number of hydrogen-bond donors (Lipinski definition) is 0. The Morgan fingerprint density at radius 2 is 1.96 bits per heavy atom. The van der Waals surface area contributed by atoms with Crippen LogP contribution in [0.15, 0.2) is 36.7 Å². The van der Waals surface area contributed by atoms with Crippen LogP contribution in [0.3, 0.4) is 0 Å². The highest BCUT2D eigenvalue weighted by atomic mass is 16.6. The van der Waals surface area contributed by atoms with Gasteiger partial charge in [-0.05, 0) is 5.56 Å². The minimum absolute atomic E-state index is 0.0576. The van der Waals surface area contributed by atoms with Gasteiger partial charge < -0.3 is 14.5 Å². The van der Waals surface area contributed by atoms with E-state index >= 15 is 0 Å². The topological polar surface area (TPSA) is 84.6 Å². The van der Waals surface area contributed by atoms with Crippen molar-refractivity contribution in [3.8, 4) is 0 Å². The molecule has 8 nitrogen and oxygen atoms in total. The van der Waals surface area contributed by atoms with Gasteiger partial charge in [0.25, 0.3) is 0 Å². The molecule has 24 heavy (non-hydrogen) atoms. The van der Waals surface area contributed by atoms with E-state index in [2.05, 4.69) is 9.97 Å². The number of aromatic nitrogens is 2. The lowest BCUT2D eigenvalue weighted by atomic mass is 10.2. The number of ether oxygens (including phenoxy) is 1. The van der Waals surface area contributed by atoms with Crippen LogP contribution in [0.25, 0.3) is 0 Å². The maximum absolute atomic E-state index is 11.7. The summed E-state index contributed by atoms with van der Waals surface area (Å²) in [5, 5.41) is 11.7. The molecule has 1 aliphatic heterocycles. The highest BCUT2D eigenvalue weighted by molar-refractivity contribution is 5.71. The van der Waals surface area contributed by atoms with Gasteiger partial charge in [-0.15, -0.1) is 0 Å². The molecule has 0 saturated carbocycles. The summed E-state index contributed by atoms with van der Waals surface area (Å²) in [5.41, 5.74) is 0.999. The van der Waals surface area contributed by atoms with Crippen LogP contribution in [0.1, 0.15) is 5.56 Å². The van der Waals surface area contributed by atoms with E-state index in [9.17, 15) is 10.1 Å². The maximum Gasteiger partial charge on any atom is 0.353 e. The Kier molecular flexibility index (Phi) is 4.85. The second-order valence-corrected chi connectivity index (χ2v) is 5.57. The molecule has 0 bridgehead atoms. The summed E-state index contributed by atoms with van der Waals surface area (Å²) in [6.07, 6.45) is 1.38. The van der Waals surface area contributed by atoms with Crippen LogP contribution in [0, 0.1) is 10.1 Å². The van der Waals surface area contributed by atoms with Gasteiger partial charge in [0.1, 0.15) is 6.33 Å². The molecule has 8 heteroatoms. The molecule has 0 amide bonds. The van der Waals surface area contributed by atoms with Gasteiger partial charge in [-0.2, -0.15) is 0 Å². The SMILES string of the molecule is CN(Cc1ccccc1)c1ncnc(N2CCOCC2)c1[N+](=O)[O-]. The van der Waals surface area contributed by atoms with Gasteiger partial charge in [0.15, 0.2) is 0 Å². The normalized spacial score (nSPS) is 14.5. The van der Waals surface area contributed by atoms with Crippen LogP contribution in [-0.2, 0) is 11.3 Å². The molecular formula is C16H19N5O3. The Labute approximate surface area is 139 Å². The van der Waals surface area contributed by atoms with Crippen LogP contribution in [0.2, 0.25) is 0 Å². The minimum Gasteiger partial charge on any atom is -0.378 e. The molecule has 0 N–H and O–H groups in total. The zero-order chi connectivity index (χ0) is 16.9. The predicted molar refractivity (Wildman–Crippen MR) is 90.3 cm³/mol. The number of hydrogen-bond acceptors (Lipinski definition) is 7. The quantitative estimate of drug-likeness (QED) is 0.611. The predicted octanol–water partition coefficient (Wildman–Crippen LogP) is 1.86. The highest BCUT2D eigenvalue weighted by Crippen LogP contribution is 2.34. The summed E-state index contributed by atoms with van der Waals surface area (Å²) in [6.45, 7) is 2.77. The Morgan fingerprint density at radius 3 is 2.62 bits per heavy atom. The standard InChI is InChI=1S/C16H19N5O3/c1-19(11-13-5-3-2-4-6-13)15-14(21(22)23)16(18-12-17-15)20-7-9-24-10-8-20/h2-6,12H,7-11H2,1H3. The van der Waals surface area contributed by atoms with Gasteiger partial charge in [-0.3, -0.25) is 10.1 Å². The van der Waals surface area contributed by atoms with Crippen molar-refractivity contribution in [2.45, 2.75) is 6.54 Å². The molecular weight excluding hydrogens is 310 g/mol. The molecule has 0 unspecified atom stereocenters. The Bertz CT molecular complexity index is 704. The number of nitrogens with zero attached hydrogens (tertiary/aromatic N) is 5. The molecule has 2 aromatic rings. The Hall–Kier alpha value is -2.74. The van der Waals surface area contributed by atoms with E-state index in [4.69, 9.17) is 4.74 Å². The van der Waals surface area contributed by atoms with Gasteiger partial charge in [0, 0.05) is 26.7 Å². The van der Waals surface area contributed by atoms with Gasteiger partial charge in [0.2, 0.25) is 11.6 Å². The van der Waals surface area contributed by atoms with Crippen molar-refractivity contribution in [3.05, 3.63) is 52.3 Å². The summed E-state index contributed by atoms with van der Waals surface area (Å²) in [7, 11) is 1.80. The molecule has 0 spiro atoms. The monoisotopic (exact) mass is 329 g/mol. The number of rotatable bonds is 5. The van der Waals surface area contributed by atoms with Crippen LogP contribution in [-0.4, -0.2) is 48.2 Å². The van der Waals surface area contributed by atoms with Crippen LogP contribution >= 0.6 is 0 Å². The van der Waals surface area contributed by atoms with Gasteiger partial charge in [-0.25, -0.2) is 9.97 Å². The first-order chi connectivity index (χ1) is 11.7. The first-order valence-electron chi connectivity index (χ1n) is 7.74. The molecule has 0 aliphatic carbocycles. The summed E-state index contributed by atoms with van der Waals surface area (Å²) >= 11 is 0. The van der Waals surface area contributed by atoms with E-state index in [1.165, 1.54) is 6.33 Å². The van der Waals surface area contributed by atoms with E-state index < -0.39 is 4.92 Å². The van der Waals surface area contributed by atoms with Crippen LogP contribution in [0.4, 0.5) is 17.3 Å². The summed E-state index contributed by atoms with van der Waals surface area (Å²) < 4.78 is 5.31. The van der Waals surface area contributed by atoms with Crippen molar-refractivity contribution >= 4 is 17.3 Å². The van der Waals surface area contributed by atoms with Crippen LogP contribution in [0.5, 0.6) is 0 Å². The molecule has 126 valence electrons. The summed E-state index contributed by atoms with van der Waals surface area (Å²) in [6, 6.07) is 9.78. The van der Waals surface area contributed by atoms with Crippen molar-refractivity contribution in [2.24, 2.45) is 0 Å². The average molecular weight is 329 g/mol. The van der Waals surface area contributed by atoms with Gasteiger partial charge in [-0.1, -0.05) is 30.3 Å². The average Bonchev–Trinajstić information content (AvgIpc) is 2.62. The fraction of sp³-hybridized carbons (Fsp3) is 0.375. The lowest BCUT2D eigenvalue weighted by Crippen LogP contribution is -2.37. The molecule has 1 aliphatic rings. The second kappa shape index (κ2) is 7.22. The third kappa shape index (κ3) is 3.43. The van der Waals surface area contributed by atoms with Crippen molar-refractivity contribution in [2.75, 3.05) is 43.2 Å². The molecule has 1 saturated heterocycles. The lowest BCUT2D eigenvalue weighted by Gasteiger charge is -2.28. The van der Waals surface area contributed by atoms with E-state index in [0.717, 1.165) is 5.56 Å². The van der Waals surface area contributed by atoms with E-state index in [0.29, 0.717) is 44.5 Å². The maximum atomic E-state index is 11.7. The molecule has 0 radical (unpaired) electrons. The third-order valence-electron chi connectivity index (χ3n) is 3.90. The first-order valence-corrected chi connectivity index (χ1v) is 7.74. The van der Waals surface area contributed by atoms with E-state index in [-0.39, 0.29) is 5.69 Å². The lowest BCUT2D eigenvalue weighted by molar-refractivity contribution is -0.383. The van der Waals surface area contributed by atoms with Crippen molar-refractivity contribution in [1.82, 2.24) is 9.97 Å². The van der Waals surface area contributed by atoms with E-state index in [1.54, 1.807) is 11.9 Å². The van der Waals surface area contributed by atoms with Gasteiger partial charge in [0.05, 0.1) is 18.1 Å². The summed E-state index contributed by atoms with van der Waals surface area (Å²) in [5.74, 6) is 0.675. The zero-order valence-electron chi connectivity index (χ0n) is 13.5.